The van der Waals surface area contributed by atoms with Crippen molar-refractivity contribution in [3.63, 3.8) is 0 Å². The van der Waals surface area contributed by atoms with E-state index >= 15 is 0 Å². The zero-order valence-corrected chi connectivity index (χ0v) is 9.83. The van der Waals surface area contributed by atoms with Crippen LogP contribution in [0.1, 0.15) is 0 Å². The highest BCUT2D eigenvalue weighted by Gasteiger charge is 2.04. The monoisotopic (exact) mass is 235 g/mol. The van der Waals surface area contributed by atoms with Gasteiger partial charge in [0.1, 0.15) is 0 Å². The van der Waals surface area contributed by atoms with E-state index < -0.39 is 0 Å². The number of rotatable bonds is 5. The van der Waals surface area contributed by atoms with Crippen LogP contribution in [0.25, 0.3) is 11.4 Å². The van der Waals surface area contributed by atoms with Gasteiger partial charge >= 0.3 is 0 Å². The fourth-order valence-corrected chi connectivity index (χ4v) is 1.87. The molecule has 1 aromatic heterocycles. The van der Waals surface area contributed by atoms with Crippen molar-refractivity contribution in [2.75, 3.05) is 25.6 Å². The zero-order chi connectivity index (χ0) is 11.2. The van der Waals surface area contributed by atoms with Crippen LogP contribution in [0.4, 0.5) is 5.13 Å². The van der Waals surface area contributed by atoms with Crippen LogP contribution in [0.2, 0.25) is 0 Å². The van der Waals surface area contributed by atoms with Crippen molar-refractivity contribution in [1.29, 1.82) is 0 Å². The summed E-state index contributed by atoms with van der Waals surface area (Å²) < 4.78 is 9.24. The van der Waals surface area contributed by atoms with Crippen LogP contribution in [0.15, 0.2) is 30.3 Å². The standard InChI is InChI=1S/C11H13N3OS/c1-15-8-7-12-11-13-10(14-16-11)9-5-3-2-4-6-9/h2-6H,7-8H2,1H3,(H,12,13,14). The van der Waals surface area contributed by atoms with Crippen LogP contribution >= 0.6 is 11.5 Å². The van der Waals surface area contributed by atoms with Gasteiger partial charge in [0.25, 0.3) is 0 Å². The first kappa shape index (κ1) is 11.0. The van der Waals surface area contributed by atoms with Crippen molar-refractivity contribution in [1.82, 2.24) is 9.36 Å². The molecular formula is C11H13N3OS. The maximum atomic E-state index is 4.95. The third-order valence-corrected chi connectivity index (χ3v) is 2.71. The molecule has 0 bridgehead atoms. The normalized spacial score (nSPS) is 10.3. The van der Waals surface area contributed by atoms with Gasteiger partial charge in [0.15, 0.2) is 5.82 Å². The molecule has 84 valence electrons. The van der Waals surface area contributed by atoms with Crippen LogP contribution in [0.5, 0.6) is 0 Å². The molecule has 0 saturated carbocycles. The summed E-state index contributed by atoms with van der Waals surface area (Å²) in [5.74, 6) is 0.769. The van der Waals surface area contributed by atoms with Crippen molar-refractivity contribution in [3.8, 4) is 11.4 Å². The van der Waals surface area contributed by atoms with Crippen LogP contribution in [-0.2, 0) is 4.74 Å². The Labute approximate surface area is 98.5 Å². The number of ether oxygens (including phenoxy) is 1. The van der Waals surface area contributed by atoms with Crippen LogP contribution < -0.4 is 5.32 Å². The Kier molecular flexibility index (Phi) is 3.85. The van der Waals surface area contributed by atoms with Crippen LogP contribution in [0.3, 0.4) is 0 Å². The number of nitrogens with one attached hydrogen (secondary N) is 1. The molecule has 0 radical (unpaired) electrons. The Hall–Kier alpha value is -1.46. The molecule has 0 amide bonds. The van der Waals surface area contributed by atoms with Crippen molar-refractivity contribution in [2.24, 2.45) is 0 Å². The minimum Gasteiger partial charge on any atom is -0.383 e. The number of nitrogens with zero attached hydrogens (tertiary/aromatic N) is 2. The van der Waals surface area contributed by atoms with E-state index in [9.17, 15) is 0 Å². The van der Waals surface area contributed by atoms with E-state index in [1.165, 1.54) is 11.5 Å². The fourth-order valence-electron chi connectivity index (χ4n) is 1.26. The van der Waals surface area contributed by atoms with Gasteiger partial charge in [-0.05, 0) is 0 Å². The summed E-state index contributed by atoms with van der Waals surface area (Å²) in [6.45, 7) is 1.42. The summed E-state index contributed by atoms with van der Waals surface area (Å²) in [4.78, 5) is 4.39. The minimum absolute atomic E-state index is 0.667. The van der Waals surface area contributed by atoms with Gasteiger partial charge in [0.2, 0.25) is 5.13 Å². The molecule has 1 aromatic carbocycles. The summed E-state index contributed by atoms with van der Waals surface area (Å²) in [6.07, 6.45) is 0. The Morgan fingerprint density at radius 3 is 2.88 bits per heavy atom. The zero-order valence-electron chi connectivity index (χ0n) is 9.01. The lowest BCUT2D eigenvalue weighted by Gasteiger charge is -1.98. The maximum absolute atomic E-state index is 4.95. The highest BCUT2D eigenvalue weighted by molar-refractivity contribution is 7.09. The summed E-state index contributed by atoms with van der Waals surface area (Å²) in [5.41, 5.74) is 1.04. The third-order valence-electron chi connectivity index (χ3n) is 2.04. The molecule has 1 heterocycles. The van der Waals surface area contributed by atoms with E-state index in [4.69, 9.17) is 4.74 Å². The maximum Gasteiger partial charge on any atom is 0.202 e. The Bertz CT molecular complexity index is 430. The van der Waals surface area contributed by atoms with Crippen LogP contribution in [-0.4, -0.2) is 29.6 Å². The molecule has 0 aliphatic heterocycles. The van der Waals surface area contributed by atoms with E-state index in [1.807, 2.05) is 30.3 Å². The van der Waals surface area contributed by atoms with Gasteiger partial charge in [0, 0.05) is 30.8 Å². The number of methoxy groups -OCH3 is 1. The molecule has 4 nitrogen and oxygen atoms in total. The Morgan fingerprint density at radius 1 is 1.31 bits per heavy atom. The van der Waals surface area contributed by atoms with E-state index in [-0.39, 0.29) is 0 Å². The third kappa shape index (κ3) is 2.77. The predicted molar refractivity (Wildman–Crippen MR) is 65.7 cm³/mol. The first-order valence-electron chi connectivity index (χ1n) is 5.02. The van der Waals surface area contributed by atoms with Gasteiger partial charge < -0.3 is 10.1 Å². The molecule has 1 N–H and O–H groups in total. The quantitative estimate of drug-likeness (QED) is 0.807. The molecule has 16 heavy (non-hydrogen) atoms. The van der Waals surface area contributed by atoms with Gasteiger partial charge in [-0.3, -0.25) is 0 Å². The summed E-state index contributed by atoms with van der Waals surface area (Å²) in [7, 11) is 1.68. The summed E-state index contributed by atoms with van der Waals surface area (Å²) >= 11 is 1.37. The second-order valence-corrected chi connectivity index (χ2v) is 3.96. The number of aromatic nitrogens is 2. The predicted octanol–water partition coefficient (Wildman–Crippen LogP) is 2.26. The minimum atomic E-state index is 0.667. The number of benzene rings is 1. The highest BCUT2D eigenvalue weighted by Crippen LogP contribution is 2.20. The first-order chi connectivity index (χ1) is 7.90. The molecule has 0 unspecified atom stereocenters. The number of anilines is 1. The molecule has 5 heteroatoms. The lowest BCUT2D eigenvalue weighted by molar-refractivity contribution is 0.211. The van der Waals surface area contributed by atoms with E-state index in [2.05, 4.69) is 14.7 Å². The molecule has 0 saturated heterocycles. The van der Waals surface area contributed by atoms with E-state index in [0.29, 0.717) is 6.61 Å². The lowest BCUT2D eigenvalue weighted by atomic mass is 10.2. The van der Waals surface area contributed by atoms with Gasteiger partial charge in [-0.2, -0.15) is 9.36 Å². The molecule has 0 atom stereocenters. The summed E-state index contributed by atoms with van der Waals surface area (Å²) in [6, 6.07) is 9.94. The fraction of sp³-hybridized carbons (Fsp3) is 0.273. The molecule has 0 aliphatic carbocycles. The SMILES string of the molecule is COCCNc1nc(-c2ccccc2)ns1. The van der Waals surface area contributed by atoms with Crippen molar-refractivity contribution >= 4 is 16.7 Å². The van der Waals surface area contributed by atoms with Crippen molar-refractivity contribution in [2.45, 2.75) is 0 Å². The Balaban J connectivity index is 2.02. The summed E-state index contributed by atoms with van der Waals surface area (Å²) in [5, 5.41) is 3.99. The molecule has 0 fully saturated rings. The first-order valence-corrected chi connectivity index (χ1v) is 5.79. The molecule has 2 aromatic rings. The van der Waals surface area contributed by atoms with E-state index in [0.717, 1.165) is 23.1 Å². The highest BCUT2D eigenvalue weighted by atomic mass is 32.1. The smallest absolute Gasteiger partial charge is 0.202 e. The topological polar surface area (TPSA) is 47.0 Å². The largest absolute Gasteiger partial charge is 0.383 e. The van der Waals surface area contributed by atoms with Gasteiger partial charge in [0.05, 0.1) is 6.61 Å². The van der Waals surface area contributed by atoms with Gasteiger partial charge in [-0.15, -0.1) is 0 Å². The molecule has 0 aliphatic rings. The van der Waals surface area contributed by atoms with E-state index in [1.54, 1.807) is 7.11 Å². The average molecular weight is 235 g/mol. The molecule has 0 spiro atoms. The van der Waals surface area contributed by atoms with Gasteiger partial charge in [-0.1, -0.05) is 30.3 Å². The Morgan fingerprint density at radius 2 is 2.12 bits per heavy atom. The van der Waals surface area contributed by atoms with Gasteiger partial charge in [-0.25, -0.2) is 0 Å². The lowest BCUT2D eigenvalue weighted by Crippen LogP contribution is -2.06. The second kappa shape index (κ2) is 5.58. The van der Waals surface area contributed by atoms with Crippen LogP contribution in [0, 0.1) is 0 Å². The number of hydrogen-bond donors (Lipinski definition) is 1. The molecule has 2 rings (SSSR count). The molecular weight excluding hydrogens is 222 g/mol. The average Bonchev–Trinajstić information content (AvgIpc) is 2.79. The van der Waals surface area contributed by atoms with Crippen molar-refractivity contribution < 1.29 is 4.74 Å². The van der Waals surface area contributed by atoms with Crippen molar-refractivity contribution in [3.05, 3.63) is 30.3 Å². The number of hydrogen-bond acceptors (Lipinski definition) is 5. The second-order valence-electron chi connectivity index (χ2n) is 3.21.